The molecule has 0 saturated heterocycles. The first-order valence-corrected chi connectivity index (χ1v) is 7.82. The summed E-state index contributed by atoms with van der Waals surface area (Å²) < 4.78 is 5.22. The summed E-state index contributed by atoms with van der Waals surface area (Å²) in [7, 11) is 3.79. The molecule has 0 bridgehead atoms. The van der Waals surface area contributed by atoms with Gasteiger partial charge in [0.15, 0.2) is 0 Å². The van der Waals surface area contributed by atoms with Crippen LogP contribution >= 0.6 is 0 Å². The van der Waals surface area contributed by atoms with Gasteiger partial charge in [-0.1, -0.05) is 36.6 Å². The molecule has 0 fully saturated rings. The van der Waals surface area contributed by atoms with Gasteiger partial charge in [0, 0.05) is 6.04 Å². The van der Waals surface area contributed by atoms with Crippen molar-refractivity contribution in [1.82, 2.24) is 5.32 Å². The minimum Gasteiger partial charge on any atom is -0.497 e. The van der Waals surface area contributed by atoms with E-state index in [9.17, 15) is 0 Å². The van der Waals surface area contributed by atoms with Crippen molar-refractivity contribution in [2.45, 2.75) is 51.0 Å². The van der Waals surface area contributed by atoms with Crippen LogP contribution in [0.1, 0.15) is 44.1 Å². The average Bonchev–Trinajstić information content (AvgIpc) is 2.46. The first-order valence-electron chi connectivity index (χ1n) is 7.82. The molecule has 2 rings (SSSR count). The molecule has 20 heavy (non-hydrogen) atoms. The van der Waals surface area contributed by atoms with Crippen molar-refractivity contribution in [3.63, 3.8) is 0 Å². The highest BCUT2D eigenvalue weighted by Gasteiger charge is 2.14. The second-order valence-corrected chi connectivity index (χ2v) is 5.63. The standard InChI is InChI=1S/C18H27NO/c1-19-18(16-8-6-4-3-5-7-9-16)14-15-10-12-17(20-2)13-11-15/h8,10-13,18-19H,3-7,9,14H2,1-2H3/b16-8+. The Labute approximate surface area is 123 Å². The maximum atomic E-state index is 5.22. The molecule has 0 aromatic heterocycles. The molecule has 1 aromatic carbocycles. The predicted octanol–water partition coefficient (Wildman–Crippen LogP) is 4.11. The molecule has 1 aliphatic carbocycles. The molecule has 0 amide bonds. The Balaban J connectivity index is 2.02. The molecule has 110 valence electrons. The number of hydrogen-bond acceptors (Lipinski definition) is 2. The van der Waals surface area contributed by atoms with Gasteiger partial charge in [-0.15, -0.1) is 0 Å². The van der Waals surface area contributed by atoms with Crippen LogP contribution in [0, 0.1) is 0 Å². The molecule has 1 aromatic rings. The summed E-state index contributed by atoms with van der Waals surface area (Å²) in [6, 6.07) is 8.92. The zero-order valence-electron chi connectivity index (χ0n) is 12.8. The Kier molecular flexibility index (Phi) is 6.13. The highest BCUT2D eigenvalue weighted by molar-refractivity contribution is 5.29. The molecule has 1 N–H and O–H groups in total. The van der Waals surface area contributed by atoms with Crippen molar-refractivity contribution in [3.8, 4) is 5.75 Å². The number of allylic oxidation sites excluding steroid dienone is 1. The summed E-state index contributed by atoms with van der Waals surface area (Å²) in [4.78, 5) is 0. The number of nitrogens with one attached hydrogen (secondary N) is 1. The lowest BCUT2D eigenvalue weighted by Gasteiger charge is -2.22. The Hall–Kier alpha value is -1.28. The third kappa shape index (κ3) is 4.38. The number of likely N-dealkylation sites (N-methyl/N-ethyl adjacent to an activating group) is 1. The summed E-state index contributed by atoms with van der Waals surface area (Å²) in [6.45, 7) is 0. The van der Waals surface area contributed by atoms with Crippen LogP contribution < -0.4 is 10.1 Å². The van der Waals surface area contributed by atoms with E-state index in [-0.39, 0.29) is 0 Å². The van der Waals surface area contributed by atoms with E-state index in [4.69, 9.17) is 4.74 Å². The van der Waals surface area contributed by atoms with E-state index in [0.29, 0.717) is 6.04 Å². The molecule has 1 atom stereocenters. The number of ether oxygens (including phenoxy) is 1. The van der Waals surface area contributed by atoms with Crippen LogP contribution in [-0.4, -0.2) is 20.2 Å². The van der Waals surface area contributed by atoms with E-state index in [2.05, 4.69) is 42.7 Å². The van der Waals surface area contributed by atoms with E-state index >= 15 is 0 Å². The largest absolute Gasteiger partial charge is 0.497 e. The zero-order valence-corrected chi connectivity index (χ0v) is 12.8. The third-order valence-electron chi connectivity index (χ3n) is 4.22. The van der Waals surface area contributed by atoms with Gasteiger partial charge < -0.3 is 10.1 Å². The predicted molar refractivity (Wildman–Crippen MR) is 85.3 cm³/mol. The Morgan fingerprint density at radius 1 is 1.10 bits per heavy atom. The maximum Gasteiger partial charge on any atom is 0.118 e. The van der Waals surface area contributed by atoms with E-state index in [0.717, 1.165) is 12.2 Å². The van der Waals surface area contributed by atoms with Gasteiger partial charge in [0.25, 0.3) is 0 Å². The summed E-state index contributed by atoms with van der Waals surface area (Å²) in [6.07, 6.45) is 11.5. The average molecular weight is 273 g/mol. The van der Waals surface area contributed by atoms with Crippen molar-refractivity contribution >= 4 is 0 Å². The normalized spacial score (nSPS) is 20.4. The van der Waals surface area contributed by atoms with Gasteiger partial charge >= 0.3 is 0 Å². The Morgan fingerprint density at radius 2 is 1.85 bits per heavy atom. The molecule has 1 aliphatic rings. The van der Waals surface area contributed by atoms with Crippen LogP contribution in [-0.2, 0) is 6.42 Å². The first kappa shape index (κ1) is 15.1. The number of methoxy groups -OCH3 is 1. The lowest BCUT2D eigenvalue weighted by Crippen LogP contribution is -2.30. The van der Waals surface area contributed by atoms with Gasteiger partial charge in [0.05, 0.1) is 7.11 Å². The van der Waals surface area contributed by atoms with E-state index in [1.807, 2.05) is 0 Å². The van der Waals surface area contributed by atoms with Crippen LogP contribution in [0.3, 0.4) is 0 Å². The van der Waals surface area contributed by atoms with Gasteiger partial charge in [-0.3, -0.25) is 0 Å². The number of hydrogen-bond donors (Lipinski definition) is 1. The highest BCUT2D eigenvalue weighted by atomic mass is 16.5. The van der Waals surface area contributed by atoms with Gasteiger partial charge in [0.2, 0.25) is 0 Å². The van der Waals surface area contributed by atoms with Crippen molar-refractivity contribution in [3.05, 3.63) is 41.5 Å². The smallest absolute Gasteiger partial charge is 0.118 e. The fourth-order valence-corrected chi connectivity index (χ4v) is 2.95. The Bertz CT molecular complexity index is 422. The summed E-state index contributed by atoms with van der Waals surface area (Å²) >= 11 is 0. The monoisotopic (exact) mass is 273 g/mol. The lowest BCUT2D eigenvalue weighted by molar-refractivity contribution is 0.414. The van der Waals surface area contributed by atoms with Gasteiger partial charge in [-0.2, -0.15) is 0 Å². The molecule has 0 saturated carbocycles. The minimum atomic E-state index is 0.474. The topological polar surface area (TPSA) is 21.3 Å². The van der Waals surface area contributed by atoms with Crippen molar-refractivity contribution in [2.75, 3.05) is 14.2 Å². The SMILES string of the molecule is CNC(Cc1ccc(OC)cc1)/C1=C/CCCCCC1. The molecule has 2 nitrogen and oxygen atoms in total. The van der Waals surface area contributed by atoms with Crippen LogP contribution in [0.4, 0.5) is 0 Å². The quantitative estimate of drug-likeness (QED) is 0.815. The molecule has 1 unspecified atom stereocenters. The Morgan fingerprint density at radius 3 is 2.55 bits per heavy atom. The zero-order chi connectivity index (χ0) is 14.2. The third-order valence-corrected chi connectivity index (χ3v) is 4.22. The van der Waals surface area contributed by atoms with Crippen molar-refractivity contribution in [2.24, 2.45) is 0 Å². The van der Waals surface area contributed by atoms with Crippen molar-refractivity contribution < 1.29 is 4.74 Å². The van der Waals surface area contributed by atoms with Crippen LogP contribution in [0.2, 0.25) is 0 Å². The van der Waals surface area contributed by atoms with Crippen molar-refractivity contribution in [1.29, 1.82) is 0 Å². The molecule has 0 spiro atoms. The van der Waals surface area contributed by atoms with Crippen LogP contribution in [0.25, 0.3) is 0 Å². The van der Waals surface area contributed by atoms with Gasteiger partial charge in [-0.25, -0.2) is 0 Å². The number of rotatable bonds is 5. The van der Waals surface area contributed by atoms with Gasteiger partial charge in [0.1, 0.15) is 5.75 Å². The lowest BCUT2D eigenvalue weighted by atomic mass is 9.91. The van der Waals surface area contributed by atoms with E-state index in [1.54, 1.807) is 12.7 Å². The molecule has 0 radical (unpaired) electrons. The summed E-state index contributed by atoms with van der Waals surface area (Å²) in [5, 5.41) is 3.50. The fourth-order valence-electron chi connectivity index (χ4n) is 2.95. The second-order valence-electron chi connectivity index (χ2n) is 5.63. The first-order chi connectivity index (χ1) is 9.83. The maximum absolute atomic E-state index is 5.22. The van der Waals surface area contributed by atoms with Crippen LogP contribution in [0.5, 0.6) is 5.75 Å². The highest BCUT2D eigenvalue weighted by Crippen LogP contribution is 2.22. The molecular weight excluding hydrogens is 246 g/mol. The van der Waals surface area contributed by atoms with E-state index < -0.39 is 0 Å². The van der Waals surface area contributed by atoms with E-state index in [1.165, 1.54) is 44.1 Å². The summed E-state index contributed by atoms with van der Waals surface area (Å²) in [5.74, 6) is 0.930. The summed E-state index contributed by atoms with van der Waals surface area (Å²) in [5.41, 5.74) is 2.97. The van der Waals surface area contributed by atoms with Gasteiger partial charge in [-0.05, 0) is 56.8 Å². The molecule has 0 aliphatic heterocycles. The van der Waals surface area contributed by atoms with Crippen LogP contribution in [0.15, 0.2) is 35.9 Å². The minimum absolute atomic E-state index is 0.474. The molecular formula is C18H27NO. The molecule has 2 heteroatoms. The second kappa shape index (κ2) is 8.11. The fraction of sp³-hybridized carbons (Fsp3) is 0.556. The number of benzene rings is 1. The molecule has 0 heterocycles.